The summed E-state index contributed by atoms with van der Waals surface area (Å²) < 4.78 is 39.3. The van der Waals surface area contributed by atoms with E-state index in [0.717, 1.165) is 18.9 Å². The molecule has 1 aromatic carbocycles. The highest BCUT2D eigenvalue weighted by Crippen LogP contribution is 2.49. The fourth-order valence-electron chi connectivity index (χ4n) is 2.65. The van der Waals surface area contributed by atoms with Gasteiger partial charge in [0.2, 0.25) is 0 Å². The van der Waals surface area contributed by atoms with Gasteiger partial charge >= 0.3 is 6.18 Å². The van der Waals surface area contributed by atoms with Crippen molar-refractivity contribution in [1.29, 1.82) is 0 Å². The summed E-state index contributed by atoms with van der Waals surface area (Å²) in [5, 5.41) is 0.373. The Morgan fingerprint density at radius 2 is 1.91 bits per heavy atom. The quantitative estimate of drug-likeness (QED) is 0.907. The number of benzene rings is 1. The summed E-state index contributed by atoms with van der Waals surface area (Å²) in [5.41, 5.74) is 5.98. The van der Waals surface area contributed by atoms with Crippen LogP contribution in [-0.2, 0) is 11.6 Å². The minimum atomic E-state index is -4.42. The molecular formula is C16H14ClF3N2. The molecule has 1 saturated carbocycles. The summed E-state index contributed by atoms with van der Waals surface area (Å²) in [5.74, 6) is 0. The monoisotopic (exact) mass is 326 g/mol. The molecule has 0 amide bonds. The van der Waals surface area contributed by atoms with E-state index >= 15 is 0 Å². The first-order valence-electron chi connectivity index (χ1n) is 6.90. The number of alkyl halides is 3. The first-order valence-corrected chi connectivity index (χ1v) is 7.28. The van der Waals surface area contributed by atoms with Gasteiger partial charge in [-0.25, -0.2) is 0 Å². The molecule has 1 aliphatic carbocycles. The molecule has 0 radical (unpaired) electrons. The van der Waals surface area contributed by atoms with Gasteiger partial charge in [0.1, 0.15) is 0 Å². The maximum absolute atomic E-state index is 13.1. The highest BCUT2D eigenvalue weighted by atomic mass is 35.5. The fraction of sp³-hybridized carbons (Fsp3) is 0.312. The van der Waals surface area contributed by atoms with Crippen molar-refractivity contribution in [2.45, 2.75) is 24.4 Å². The van der Waals surface area contributed by atoms with Gasteiger partial charge in [0.05, 0.1) is 16.3 Å². The highest BCUT2D eigenvalue weighted by Gasteiger charge is 2.45. The van der Waals surface area contributed by atoms with E-state index < -0.39 is 11.7 Å². The molecule has 0 atom stereocenters. The fourth-order valence-corrected chi connectivity index (χ4v) is 3.01. The summed E-state index contributed by atoms with van der Waals surface area (Å²) in [4.78, 5) is 4.30. The molecule has 1 heterocycles. The highest BCUT2D eigenvalue weighted by molar-refractivity contribution is 6.31. The predicted molar refractivity (Wildman–Crippen MR) is 79.7 cm³/mol. The lowest BCUT2D eigenvalue weighted by Crippen LogP contribution is -2.21. The van der Waals surface area contributed by atoms with Crippen LogP contribution in [0.1, 0.15) is 24.1 Å². The molecule has 3 rings (SSSR count). The number of hydrogen-bond acceptors (Lipinski definition) is 2. The van der Waals surface area contributed by atoms with Crippen LogP contribution in [0.15, 0.2) is 36.5 Å². The molecule has 0 unspecified atom stereocenters. The summed E-state index contributed by atoms with van der Waals surface area (Å²) >= 11 is 6.25. The van der Waals surface area contributed by atoms with Gasteiger partial charge in [0.15, 0.2) is 0 Å². The zero-order chi connectivity index (χ0) is 16.0. The zero-order valence-electron chi connectivity index (χ0n) is 11.6. The predicted octanol–water partition coefficient (Wildman–Crippen LogP) is 4.41. The Balaban J connectivity index is 2.06. The van der Waals surface area contributed by atoms with Crippen molar-refractivity contribution < 1.29 is 13.2 Å². The summed E-state index contributed by atoms with van der Waals surface area (Å²) in [7, 11) is 0. The number of pyridine rings is 1. The lowest BCUT2D eigenvalue weighted by molar-refractivity contribution is -0.137. The van der Waals surface area contributed by atoms with Gasteiger partial charge in [-0.1, -0.05) is 29.8 Å². The van der Waals surface area contributed by atoms with Gasteiger partial charge < -0.3 is 5.73 Å². The van der Waals surface area contributed by atoms with Gasteiger partial charge in [0.25, 0.3) is 0 Å². The van der Waals surface area contributed by atoms with Crippen molar-refractivity contribution in [3.63, 3.8) is 0 Å². The van der Waals surface area contributed by atoms with Gasteiger partial charge in [-0.05, 0) is 30.5 Å². The SMILES string of the molecule is NCC1(c2ncc(-c3ccccc3C(F)(F)F)cc2Cl)CC1. The minimum Gasteiger partial charge on any atom is -0.330 e. The van der Waals surface area contributed by atoms with Crippen LogP contribution < -0.4 is 5.73 Å². The molecule has 2 aromatic rings. The van der Waals surface area contributed by atoms with Gasteiger partial charge in [0, 0.05) is 23.7 Å². The van der Waals surface area contributed by atoms with E-state index in [-0.39, 0.29) is 11.0 Å². The topological polar surface area (TPSA) is 38.9 Å². The average molecular weight is 327 g/mol. The van der Waals surface area contributed by atoms with Crippen LogP contribution in [-0.4, -0.2) is 11.5 Å². The van der Waals surface area contributed by atoms with Crippen molar-refractivity contribution >= 4 is 11.6 Å². The molecule has 22 heavy (non-hydrogen) atoms. The Kier molecular flexibility index (Phi) is 3.65. The molecule has 1 aliphatic rings. The third-order valence-corrected chi connectivity index (χ3v) is 4.42. The maximum atomic E-state index is 13.1. The lowest BCUT2D eigenvalue weighted by atomic mass is 9.97. The Bertz CT molecular complexity index is 709. The molecule has 1 fully saturated rings. The van der Waals surface area contributed by atoms with E-state index in [9.17, 15) is 13.2 Å². The van der Waals surface area contributed by atoms with Crippen molar-refractivity contribution in [1.82, 2.24) is 4.98 Å². The Morgan fingerprint density at radius 3 is 2.45 bits per heavy atom. The number of hydrogen-bond donors (Lipinski definition) is 1. The Hall–Kier alpha value is -1.59. The number of rotatable bonds is 3. The molecule has 0 saturated heterocycles. The zero-order valence-corrected chi connectivity index (χ0v) is 12.4. The van der Waals surface area contributed by atoms with Gasteiger partial charge in [-0.15, -0.1) is 0 Å². The van der Waals surface area contributed by atoms with E-state index in [2.05, 4.69) is 4.98 Å². The largest absolute Gasteiger partial charge is 0.417 e. The standard InChI is InChI=1S/C16H14ClF3N2/c17-13-7-10(8-22-14(13)15(9-21)5-6-15)11-3-1-2-4-12(11)16(18,19)20/h1-4,7-8H,5-6,9,21H2. The van der Waals surface area contributed by atoms with Crippen LogP contribution in [0.3, 0.4) is 0 Å². The molecule has 6 heteroatoms. The van der Waals surface area contributed by atoms with E-state index in [4.69, 9.17) is 17.3 Å². The molecule has 0 aliphatic heterocycles. The van der Waals surface area contributed by atoms with Crippen molar-refractivity contribution in [3.8, 4) is 11.1 Å². The van der Waals surface area contributed by atoms with Crippen LogP contribution in [0.2, 0.25) is 5.02 Å². The molecule has 2 nitrogen and oxygen atoms in total. The van der Waals surface area contributed by atoms with Crippen molar-refractivity contribution in [2.75, 3.05) is 6.54 Å². The smallest absolute Gasteiger partial charge is 0.330 e. The van der Waals surface area contributed by atoms with Crippen LogP contribution >= 0.6 is 11.6 Å². The molecule has 116 valence electrons. The molecule has 0 bridgehead atoms. The molecule has 2 N–H and O–H groups in total. The lowest BCUT2D eigenvalue weighted by Gasteiger charge is -2.16. The van der Waals surface area contributed by atoms with Crippen LogP contribution in [0.25, 0.3) is 11.1 Å². The number of nitrogens with zero attached hydrogens (tertiary/aromatic N) is 1. The van der Waals surface area contributed by atoms with E-state index in [1.807, 2.05) is 0 Å². The van der Waals surface area contributed by atoms with Crippen LogP contribution in [0, 0.1) is 0 Å². The first kappa shape index (κ1) is 15.3. The second kappa shape index (κ2) is 5.25. The van der Waals surface area contributed by atoms with Crippen LogP contribution in [0.4, 0.5) is 13.2 Å². The van der Waals surface area contributed by atoms with E-state index in [1.54, 1.807) is 12.1 Å². The van der Waals surface area contributed by atoms with E-state index in [0.29, 0.717) is 22.8 Å². The van der Waals surface area contributed by atoms with Gasteiger partial charge in [-0.2, -0.15) is 13.2 Å². The average Bonchev–Trinajstić information content (AvgIpc) is 3.27. The molecule has 1 aromatic heterocycles. The Labute approximate surface area is 131 Å². The number of halogens is 4. The maximum Gasteiger partial charge on any atom is 0.417 e. The van der Waals surface area contributed by atoms with Crippen molar-refractivity contribution in [2.24, 2.45) is 5.73 Å². The third kappa shape index (κ3) is 2.59. The normalized spacial score (nSPS) is 16.6. The minimum absolute atomic E-state index is 0.0774. The third-order valence-electron chi connectivity index (χ3n) is 4.13. The van der Waals surface area contributed by atoms with Crippen LogP contribution in [0.5, 0.6) is 0 Å². The summed E-state index contributed by atoms with van der Waals surface area (Å²) in [6.45, 7) is 0.443. The van der Waals surface area contributed by atoms with Crippen molar-refractivity contribution in [3.05, 3.63) is 52.8 Å². The molecule has 0 spiro atoms. The number of aromatic nitrogens is 1. The summed E-state index contributed by atoms with van der Waals surface area (Å²) in [6, 6.07) is 6.95. The van der Waals surface area contributed by atoms with Gasteiger partial charge in [-0.3, -0.25) is 4.98 Å². The molecular weight excluding hydrogens is 313 g/mol. The first-order chi connectivity index (χ1) is 10.4. The Morgan fingerprint density at radius 1 is 1.23 bits per heavy atom. The number of nitrogens with two attached hydrogens (primary N) is 1. The summed E-state index contributed by atoms with van der Waals surface area (Å²) in [6.07, 6.45) is -1.15. The van der Waals surface area contributed by atoms with E-state index in [1.165, 1.54) is 18.3 Å². The second-order valence-electron chi connectivity index (χ2n) is 5.58. The second-order valence-corrected chi connectivity index (χ2v) is 5.99.